The van der Waals surface area contributed by atoms with Gasteiger partial charge in [-0.15, -0.1) is 0 Å². The first kappa shape index (κ1) is 73.5. The predicted molar refractivity (Wildman–Crippen MR) is 343 cm³/mol. The van der Waals surface area contributed by atoms with E-state index < -0.39 is 6.10 Å². The zero-order valence-corrected chi connectivity index (χ0v) is 50.4. The molecule has 0 fully saturated rings. The summed E-state index contributed by atoms with van der Waals surface area (Å²) in [6.45, 7) is 3.90. The Balaban J connectivity index is 3.53. The zero-order chi connectivity index (χ0) is 56.2. The van der Waals surface area contributed by atoms with Crippen LogP contribution in [-0.2, 0) is 19.1 Å². The smallest absolute Gasteiger partial charge is 0.306 e. The highest BCUT2D eigenvalue weighted by atomic mass is 16.6. The number of ether oxygens (including phenoxy) is 2. The zero-order valence-electron chi connectivity index (χ0n) is 50.4. The number of unbranched alkanes of at least 4 members (excludes halogenated alkanes) is 23. The van der Waals surface area contributed by atoms with E-state index in [0.29, 0.717) is 12.8 Å². The van der Waals surface area contributed by atoms with Crippen LogP contribution < -0.4 is 0 Å². The van der Waals surface area contributed by atoms with Crippen molar-refractivity contribution in [3.63, 3.8) is 0 Å². The Morgan fingerprint density at radius 2 is 0.513 bits per heavy atom. The van der Waals surface area contributed by atoms with Crippen molar-refractivity contribution < 1.29 is 24.2 Å². The van der Waals surface area contributed by atoms with E-state index in [1.54, 1.807) is 0 Å². The molecule has 440 valence electrons. The molecule has 0 saturated heterocycles. The second-order valence-corrected chi connectivity index (χ2v) is 20.7. The minimum Gasteiger partial charge on any atom is -0.462 e. The van der Waals surface area contributed by atoms with Gasteiger partial charge in [-0.2, -0.15) is 0 Å². The van der Waals surface area contributed by atoms with Gasteiger partial charge >= 0.3 is 11.9 Å². The van der Waals surface area contributed by atoms with Crippen LogP contribution in [0.25, 0.3) is 0 Å². The minimum atomic E-state index is -0.790. The molecule has 0 spiro atoms. The molecule has 0 aliphatic heterocycles. The summed E-state index contributed by atoms with van der Waals surface area (Å²) in [6, 6.07) is 0. The predicted octanol–water partition coefficient (Wildman–Crippen LogP) is 22.3. The largest absolute Gasteiger partial charge is 0.462 e. The van der Waals surface area contributed by atoms with Crippen LogP contribution in [0.2, 0.25) is 0 Å². The molecule has 0 heterocycles. The average molecular weight is 1080 g/mol. The summed E-state index contributed by atoms with van der Waals surface area (Å²) in [4.78, 5) is 24.6. The molecule has 5 nitrogen and oxygen atoms in total. The van der Waals surface area contributed by atoms with Crippen LogP contribution in [0, 0.1) is 0 Å². The second-order valence-electron chi connectivity index (χ2n) is 20.7. The topological polar surface area (TPSA) is 72.8 Å². The number of esters is 2. The second kappa shape index (κ2) is 66.8. The number of carbonyl (C=O) groups excluding carboxylic acids is 2. The van der Waals surface area contributed by atoms with Gasteiger partial charge in [0.15, 0.2) is 6.10 Å². The van der Waals surface area contributed by atoms with Gasteiger partial charge in [0.2, 0.25) is 0 Å². The first-order chi connectivity index (χ1) is 38.6. The number of rotatable bonds is 57. The first-order valence-corrected chi connectivity index (χ1v) is 32.0. The van der Waals surface area contributed by atoms with Crippen LogP contribution >= 0.6 is 0 Å². The van der Waals surface area contributed by atoms with E-state index in [1.165, 1.54) is 116 Å². The van der Waals surface area contributed by atoms with Crippen LogP contribution in [0.5, 0.6) is 0 Å². The summed E-state index contributed by atoms with van der Waals surface area (Å²) in [5.74, 6) is -0.610. The van der Waals surface area contributed by atoms with Gasteiger partial charge < -0.3 is 14.6 Å². The Labute approximate surface area is 481 Å². The maximum absolute atomic E-state index is 12.3. The molecule has 0 aromatic heterocycles. The fourth-order valence-corrected chi connectivity index (χ4v) is 8.60. The SMILES string of the molecule is CC/C=C\C/C=C\C/C=C\C/C=C\C/C=C\C/C=C\C/C=C\CCCCCCCCCCCCCCCCCCCC(=O)OC(CO)COC(=O)CCCCCCCC/C=C\C/C=C\C/C=C\C/C=C\C/C=C\C/C=C\CC. The summed E-state index contributed by atoms with van der Waals surface area (Å²) in [6.07, 6.45) is 102. The molecular weight excluding hydrogens is 957 g/mol. The Kier molecular flexibility index (Phi) is 63.0. The molecule has 0 rings (SSSR count). The van der Waals surface area contributed by atoms with Crippen molar-refractivity contribution in [1.29, 1.82) is 0 Å². The fourth-order valence-electron chi connectivity index (χ4n) is 8.60. The van der Waals surface area contributed by atoms with E-state index in [2.05, 4.69) is 172 Å². The average Bonchev–Trinajstić information content (AvgIpc) is 3.44. The van der Waals surface area contributed by atoms with E-state index in [0.717, 1.165) is 128 Å². The van der Waals surface area contributed by atoms with Crippen LogP contribution in [0.15, 0.2) is 158 Å². The molecule has 0 aliphatic carbocycles. The van der Waals surface area contributed by atoms with Crippen LogP contribution in [0.4, 0.5) is 0 Å². The summed E-state index contributed by atoms with van der Waals surface area (Å²) < 4.78 is 10.7. The van der Waals surface area contributed by atoms with Crippen molar-refractivity contribution in [1.82, 2.24) is 0 Å². The molecule has 0 aliphatic rings. The minimum absolute atomic E-state index is 0.0809. The van der Waals surface area contributed by atoms with E-state index in [1.807, 2.05) is 0 Å². The Bertz CT molecular complexity index is 1690. The lowest BCUT2D eigenvalue weighted by atomic mass is 10.0. The lowest BCUT2D eigenvalue weighted by Gasteiger charge is -2.15. The maximum Gasteiger partial charge on any atom is 0.306 e. The van der Waals surface area contributed by atoms with Gasteiger partial charge in [0.1, 0.15) is 6.61 Å². The van der Waals surface area contributed by atoms with Crippen molar-refractivity contribution in [2.24, 2.45) is 0 Å². The Hall–Kier alpha value is -4.48. The highest BCUT2D eigenvalue weighted by Crippen LogP contribution is 2.16. The molecule has 5 heteroatoms. The molecule has 0 aromatic rings. The number of hydrogen-bond donors (Lipinski definition) is 1. The van der Waals surface area contributed by atoms with Crippen molar-refractivity contribution >= 4 is 11.9 Å². The van der Waals surface area contributed by atoms with Crippen molar-refractivity contribution in [3.8, 4) is 0 Å². The van der Waals surface area contributed by atoms with Gasteiger partial charge in [0.25, 0.3) is 0 Å². The molecule has 1 N–H and O–H groups in total. The van der Waals surface area contributed by atoms with Crippen molar-refractivity contribution in [2.75, 3.05) is 13.2 Å². The van der Waals surface area contributed by atoms with Gasteiger partial charge in [-0.25, -0.2) is 0 Å². The first-order valence-electron chi connectivity index (χ1n) is 32.0. The summed E-state index contributed by atoms with van der Waals surface area (Å²) in [5, 5.41) is 9.68. The molecule has 0 amide bonds. The van der Waals surface area contributed by atoms with Gasteiger partial charge in [-0.3, -0.25) is 9.59 Å². The standard InChI is InChI=1S/C73H118O5/c1-3-5-7-9-11-13-15-17-19-21-23-25-27-29-30-31-32-33-34-35-36-37-38-39-40-41-42-44-46-48-50-52-54-56-58-60-62-64-66-68-73(76)78-71(69-74)70-77-72(75)67-65-63-61-59-57-55-53-51-49-47-45-43-28-26-24-22-20-18-16-14-12-10-8-6-4-2/h5-8,11-14,17-20,23-26,29-30,32-33,35-36,43,45,49,51,71,74H,3-4,9-10,15-16,21-22,27-28,31,34,37-42,44,46-48,50,52-70H2,1-2H3/b7-5-,8-6-,13-11-,14-12-,19-17-,20-18-,25-23-,26-24-,30-29-,33-32-,36-35-,45-43-,51-49-. The molecule has 1 unspecified atom stereocenters. The third-order valence-electron chi connectivity index (χ3n) is 13.3. The van der Waals surface area contributed by atoms with Crippen LogP contribution in [0.3, 0.4) is 0 Å². The maximum atomic E-state index is 12.3. The van der Waals surface area contributed by atoms with Gasteiger partial charge in [-0.05, 0) is 122 Å². The summed E-state index contributed by atoms with van der Waals surface area (Å²) >= 11 is 0. The van der Waals surface area contributed by atoms with E-state index >= 15 is 0 Å². The number of aliphatic hydroxyl groups excluding tert-OH is 1. The van der Waals surface area contributed by atoms with E-state index in [-0.39, 0.29) is 25.2 Å². The van der Waals surface area contributed by atoms with Gasteiger partial charge in [0, 0.05) is 12.8 Å². The highest BCUT2D eigenvalue weighted by molar-refractivity contribution is 5.70. The number of allylic oxidation sites excluding steroid dienone is 26. The third-order valence-corrected chi connectivity index (χ3v) is 13.3. The normalized spacial score (nSPS) is 13.3. The van der Waals surface area contributed by atoms with E-state index in [4.69, 9.17) is 9.47 Å². The molecule has 0 bridgehead atoms. The van der Waals surface area contributed by atoms with Crippen LogP contribution in [0.1, 0.15) is 271 Å². The molecule has 78 heavy (non-hydrogen) atoms. The van der Waals surface area contributed by atoms with Crippen molar-refractivity contribution in [2.45, 2.75) is 277 Å². The molecule has 0 aromatic carbocycles. The lowest BCUT2D eigenvalue weighted by Crippen LogP contribution is -2.28. The summed E-state index contributed by atoms with van der Waals surface area (Å²) in [5.41, 5.74) is 0. The number of aliphatic hydroxyl groups is 1. The van der Waals surface area contributed by atoms with Crippen LogP contribution in [-0.4, -0.2) is 36.4 Å². The van der Waals surface area contributed by atoms with E-state index in [9.17, 15) is 14.7 Å². The molecule has 0 saturated carbocycles. The monoisotopic (exact) mass is 1070 g/mol. The highest BCUT2D eigenvalue weighted by Gasteiger charge is 2.16. The fraction of sp³-hybridized carbons (Fsp3) is 0.616. The quantitative estimate of drug-likeness (QED) is 0.0373. The number of hydrogen-bond acceptors (Lipinski definition) is 5. The molecule has 0 radical (unpaired) electrons. The van der Waals surface area contributed by atoms with Crippen molar-refractivity contribution in [3.05, 3.63) is 158 Å². The third kappa shape index (κ3) is 64.0. The summed E-state index contributed by atoms with van der Waals surface area (Å²) in [7, 11) is 0. The Morgan fingerprint density at radius 1 is 0.295 bits per heavy atom. The molecular formula is C73H118O5. The molecule has 1 atom stereocenters. The van der Waals surface area contributed by atoms with Gasteiger partial charge in [0.05, 0.1) is 6.61 Å². The number of carbonyl (C=O) groups is 2. The lowest BCUT2D eigenvalue weighted by molar-refractivity contribution is -0.161. The van der Waals surface area contributed by atoms with Gasteiger partial charge in [-0.1, -0.05) is 294 Å². The Morgan fingerprint density at radius 3 is 0.769 bits per heavy atom.